The molecule has 2 saturated heterocycles. The minimum Gasteiger partial charge on any atom is -0.390 e. The molecular weight excluding hydrogens is 250 g/mol. The molecule has 4 heteroatoms. The summed E-state index contributed by atoms with van der Waals surface area (Å²) in [5.74, 6) is 0.614. The molecule has 0 unspecified atom stereocenters. The van der Waals surface area contributed by atoms with Gasteiger partial charge in [-0.3, -0.25) is 9.80 Å². The number of aliphatic hydroxyl groups is 1. The van der Waals surface area contributed by atoms with Crippen LogP contribution in [0, 0.1) is 5.92 Å². The molecule has 2 fully saturated rings. The van der Waals surface area contributed by atoms with Crippen molar-refractivity contribution in [2.45, 2.75) is 32.4 Å². The highest BCUT2D eigenvalue weighted by molar-refractivity contribution is 4.93. The van der Waals surface area contributed by atoms with Gasteiger partial charge >= 0.3 is 0 Å². The van der Waals surface area contributed by atoms with Crippen LogP contribution in [0.3, 0.4) is 0 Å². The molecule has 0 aromatic rings. The second kappa shape index (κ2) is 7.55. The van der Waals surface area contributed by atoms with Crippen molar-refractivity contribution in [3.8, 4) is 0 Å². The van der Waals surface area contributed by atoms with Crippen molar-refractivity contribution < 1.29 is 5.11 Å². The molecule has 2 heterocycles. The van der Waals surface area contributed by atoms with E-state index < -0.39 is 0 Å². The highest BCUT2D eigenvalue weighted by Crippen LogP contribution is 2.18. The third kappa shape index (κ3) is 4.55. The molecule has 0 aromatic heterocycles. The lowest BCUT2D eigenvalue weighted by Crippen LogP contribution is -2.58. The molecule has 0 amide bonds. The van der Waals surface area contributed by atoms with E-state index in [0.717, 1.165) is 52.2 Å². The standard InChI is InChI=1S/C16H31N3O/c1-14(2)5-4-7-18-8-6-15(16(20)13-18)19-11-9-17(3)10-12-19/h4-5,14-16,20H,6-13H2,1-3H3/t15-,16-/m1/s1. The monoisotopic (exact) mass is 281 g/mol. The Morgan fingerprint density at radius 3 is 2.45 bits per heavy atom. The molecule has 0 spiro atoms. The van der Waals surface area contributed by atoms with Crippen molar-refractivity contribution in [3.63, 3.8) is 0 Å². The lowest BCUT2D eigenvalue weighted by Gasteiger charge is -2.44. The number of hydrogen-bond acceptors (Lipinski definition) is 4. The lowest BCUT2D eigenvalue weighted by molar-refractivity contribution is -0.0239. The Bertz CT molecular complexity index is 311. The Kier molecular flexibility index (Phi) is 6.02. The van der Waals surface area contributed by atoms with Gasteiger partial charge in [0.1, 0.15) is 0 Å². The van der Waals surface area contributed by atoms with Crippen LogP contribution in [0.4, 0.5) is 0 Å². The lowest BCUT2D eigenvalue weighted by atomic mass is 9.99. The van der Waals surface area contributed by atoms with E-state index in [-0.39, 0.29) is 6.10 Å². The Labute approximate surface area is 124 Å². The van der Waals surface area contributed by atoms with E-state index in [1.807, 2.05) is 0 Å². The van der Waals surface area contributed by atoms with Gasteiger partial charge in [-0.15, -0.1) is 0 Å². The number of piperazine rings is 1. The fraction of sp³-hybridized carbons (Fsp3) is 0.875. The smallest absolute Gasteiger partial charge is 0.0822 e. The van der Waals surface area contributed by atoms with Crippen molar-refractivity contribution in [2.24, 2.45) is 5.92 Å². The number of piperidine rings is 1. The average molecular weight is 281 g/mol. The highest BCUT2D eigenvalue weighted by atomic mass is 16.3. The van der Waals surface area contributed by atoms with Crippen LogP contribution in [0.1, 0.15) is 20.3 Å². The number of likely N-dealkylation sites (tertiary alicyclic amines) is 1. The third-order valence-electron chi connectivity index (χ3n) is 4.52. The molecule has 2 aliphatic heterocycles. The van der Waals surface area contributed by atoms with E-state index in [1.165, 1.54) is 0 Å². The summed E-state index contributed by atoms with van der Waals surface area (Å²) in [6, 6.07) is 0.369. The zero-order chi connectivity index (χ0) is 14.5. The van der Waals surface area contributed by atoms with Crippen molar-refractivity contribution in [3.05, 3.63) is 12.2 Å². The zero-order valence-electron chi connectivity index (χ0n) is 13.3. The van der Waals surface area contributed by atoms with E-state index in [9.17, 15) is 5.11 Å². The van der Waals surface area contributed by atoms with Crippen LogP contribution < -0.4 is 0 Å². The minimum absolute atomic E-state index is 0.195. The topological polar surface area (TPSA) is 30.0 Å². The first-order valence-corrected chi connectivity index (χ1v) is 8.06. The third-order valence-corrected chi connectivity index (χ3v) is 4.52. The first-order valence-electron chi connectivity index (χ1n) is 8.06. The molecule has 116 valence electrons. The fourth-order valence-electron chi connectivity index (χ4n) is 3.21. The number of allylic oxidation sites excluding steroid dienone is 1. The molecule has 2 atom stereocenters. The van der Waals surface area contributed by atoms with E-state index in [2.05, 4.69) is 47.7 Å². The Morgan fingerprint density at radius 2 is 1.85 bits per heavy atom. The summed E-state index contributed by atoms with van der Waals surface area (Å²) in [6.07, 6.45) is 5.40. The van der Waals surface area contributed by atoms with Gasteiger partial charge in [-0.25, -0.2) is 0 Å². The van der Waals surface area contributed by atoms with Gasteiger partial charge < -0.3 is 10.0 Å². The van der Waals surface area contributed by atoms with Gasteiger partial charge in [-0.1, -0.05) is 26.0 Å². The van der Waals surface area contributed by atoms with Crippen LogP contribution in [-0.4, -0.2) is 84.8 Å². The van der Waals surface area contributed by atoms with Crippen molar-refractivity contribution >= 4 is 0 Å². The molecule has 20 heavy (non-hydrogen) atoms. The van der Waals surface area contributed by atoms with Crippen LogP contribution in [0.15, 0.2) is 12.2 Å². The summed E-state index contributed by atoms with van der Waals surface area (Å²) in [5.41, 5.74) is 0. The maximum absolute atomic E-state index is 10.4. The number of hydrogen-bond donors (Lipinski definition) is 1. The van der Waals surface area contributed by atoms with Gasteiger partial charge in [-0.2, -0.15) is 0 Å². The van der Waals surface area contributed by atoms with Gasteiger partial charge in [0.2, 0.25) is 0 Å². The number of rotatable bonds is 4. The number of likely N-dealkylation sites (N-methyl/N-ethyl adjacent to an activating group) is 1. The SMILES string of the molecule is CC(C)C=CCN1CC[C@@H](N2CCN(C)CC2)[C@H](O)C1. The second-order valence-corrected chi connectivity index (χ2v) is 6.69. The predicted molar refractivity (Wildman–Crippen MR) is 83.9 cm³/mol. The Hall–Kier alpha value is -0.420. The maximum Gasteiger partial charge on any atom is 0.0822 e. The van der Waals surface area contributed by atoms with Crippen LogP contribution in [0.2, 0.25) is 0 Å². The van der Waals surface area contributed by atoms with Crippen LogP contribution in [0.5, 0.6) is 0 Å². The van der Waals surface area contributed by atoms with Gasteiger partial charge in [0.05, 0.1) is 6.10 Å². The van der Waals surface area contributed by atoms with Crippen LogP contribution in [0.25, 0.3) is 0 Å². The number of nitrogens with zero attached hydrogens (tertiary/aromatic N) is 3. The van der Waals surface area contributed by atoms with Gasteiger partial charge in [-0.05, 0) is 19.4 Å². The molecule has 0 aliphatic carbocycles. The van der Waals surface area contributed by atoms with Crippen LogP contribution in [-0.2, 0) is 0 Å². The van der Waals surface area contributed by atoms with E-state index >= 15 is 0 Å². The van der Waals surface area contributed by atoms with Crippen molar-refractivity contribution in [1.29, 1.82) is 0 Å². The average Bonchev–Trinajstić information content (AvgIpc) is 2.40. The van der Waals surface area contributed by atoms with Crippen LogP contribution >= 0.6 is 0 Å². The summed E-state index contributed by atoms with van der Waals surface area (Å²) in [5, 5.41) is 10.4. The summed E-state index contributed by atoms with van der Waals surface area (Å²) >= 11 is 0. The molecule has 2 rings (SSSR count). The van der Waals surface area contributed by atoms with E-state index in [1.54, 1.807) is 0 Å². The molecule has 0 aromatic carbocycles. The summed E-state index contributed by atoms with van der Waals surface area (Å²) < 4.78 is 0. The minimum atomic E-state index is -0.195. The normalized spacial score (nSPS) is 31.4. The maximum atomic E-state index is 10.4. The molecule has 0 saturated carbocycles. The summed E-state index contributed by atoms with van der Waals surface area (Å²) in [4.78, 5) is 7.23. The highest BCUT2D eigenvalue weighted by Gasteiger charge is 2.32. The Balaban J connectivity index is 1.77. The predicted octanol–water partition coefficient (Wildman–Crippen LogP) is 0.881. The van der Waals surface area contributed by atoms with Crippen molar-refractivity contribution in [2.75, 3.05) is 52.9 Å². The molecule has 1 N–H and O–H groups in total. The van der Waals surface area contributed by atoms with Gasteiger partial charge in [0.25, 0.3) is 0 Å². The number of β-amino-alcohol motifs (C(OH)–C–C–N with tert-alkyl or cyclic N) is 1. The molecule has 2 aliphatic rings. The first kappa shape index (κ1) is 16.0. The molecule has 0 bridgehead atoms. The van der Waals surface area contributed by atoms with E-state index in [4.69, 9.17) is 0 Å². The van der Waals surface area contributed by atoms with E-state index in [0.29, 0.717) is 12.0 Å². The Morgan fingerprint density at radius 1 is 1.15 bits per heavy atom. The largest absolute Gasteiger partial charge is 0.390 e. The zero-order valence-corrected chi connectivity index (χ0v) is 13.3. The molecule has 4 nitrogen and oxygen atoms in total. The van der Waals surface area contributed by atoms with Crippen molar-refractivity contribution in [1.82, 2.24) is 14.7 Å². The van der Waals surface area contributed by atoms with Gasteiger partial charge in [0, 0.05) is 51.9 Å². The second-order valence-electron chi connectivity index (χ2n) is 6.69. The number of aliphatic hydroxyl groups excluding tert-OH is 1. The summed E-state index contributed by atoms with van der Waals surface area (Å²) in [7, 11) is 2.18. The molecule has 0 radical (unpaired) electrons. The summed E-state index contributed by atoms with van der Waals surface area (Å²) in [6.45, 7) is 11.8. The first-order chi connectivity index (χ1) is 9.56. The quantitative estimate of drug-likeness (QED) is 0.775. The fourth-order valence-corrected chi connectivity index (χ4v) is 3.21. The molecular formula is C16H31N3O. The van der Waals surface area contributed by atoms with Gasteiger partial charge in [0.15, 0.2) is 0 Å².